The van der Waals surface area contributed by atoms with Crippen molar-refractivity contribution in [2.45, 2.75) is 32.6 Å². The number of carboxylic acid groups (broad SMARTS) is 1. The molecule has 2 atom stereocenters. The molecule has 2 unspecified atom stereocenters. The molecule has 0 saturated heterocycles. The highest BCUT2D eigenvalue weighted by Gasteiger charge is 2.23. The Bertz CT molecular complexity index is 184. The van der Waals surface area contributed by atoms with E-state index in [1.165, 1.54) is 0 Å². The molecule has 0 aromatic carbocycles. The number of carbonyl (C=O) groups is 1. The standard InChI is InChI=1S/C10H16O2/c1-8-6-4-2-3-5-7-9(8)10(11)12/h2-3,8-9H,4-7H2,1H3,(H,11,12). The average molecular weight is 168 g/mol. The molecule has 0 spiro atoms. The molecule has 0 heterocycles. The lowest BCUT2D eigenvalue weighted by molar-refractivity contribution is -0.143. The van der Waals surface area contributed by atoms with E-state index in [0.29, 0.717) is 5.92 Å². The van der Waals surface area contributed by atoms with Crippen LogP contribution in [0.25, 0.3) is 0 Å². The van der Waals surface area contributed by atoms with Crippen molar-refractivity contribution in [2.24, 2.45) is 11.8 Å². The summed E-state index contributed by atoms with van der Waals surface area (Å²) < 4.78 is 0. The van der Waals surface area contributed by atoms with Crippen LogP contribution in [0.2, 0.25) is 0 Å². The number of aliphatic carboxylic acids is 1. The Morgan fingerprint density at radius 1 is 1.33 bits per heavy atom. The second-order valence-corrected chi connectivity index (χ2v) is 3.55. The van der Waals surface area contributed by atoms with E-state index in [9.17, 15) is 4.79 Å². The fourth-order valence-corrected chi connectivity index (χ4v) is 1.72. The zero-order valence-electron chi connectivity index (χ0n) is 7.49. The fourth-order valence-electron chi connectivity index (χ4n) is 1.72. The molecule has 1 rings (SSSR count). The molecule has 0 aliphatic heterocycles. The van der Waals surface area contributed by atoms with Crippen LogP contribution in [0.5, 0.6) is 0 Å². The topological polar surface area (TPSA) is 37.3 Å². The summed E-state index contributed by atoms with van der Waals surface area (Å²) >= 11 is 0. The highest BCUT2D eigenvalue weighted by atomic mass is 16.4. The maximum absolute atomic E-state index is 10.8. The van der Waals surface area contributed by atoms with Crippen LogP contribution in [0.1, 0.15) is 32.6 Å². The minimum absolute atomic E-state index is 0.130. The van der Waals surface area contributed by atoms with E-state index < -0.39 is 5.97 Å². The molecule has 1 N–H and O–H groups in total. The van der Waals surface area contributed by atoms with Crippen LogP contribution >= 0.6 is 0 Å². The monoisotopic (exact) mass is 168 g/mol. The minimum Gasteiger partial charge on any atom is -0.481 e. The molecular formula is C10H16O2. The Kier molecular flexibility index (Phi) is 3.32. The number of carboxylic acids is 1. The fraction of sp³-hybridized carbons (Fsp3) is 0.700. The molecule has 1 aliphatic carbocycles. The van der Waals surface area contributed by atoms with Crippen molar-refractivity contribution in [3.63, 3.8) is 0 Å². The summed E-state index contributed by atoms with van der Waals surface area (Å²) in [6.07, 6.45) is 8.02. The molecule has 12 heavy (non-hydrogen) atoms. The number of hydrogen-bond donors (Lipinski definition) is 1. The van der Waals surface area contributed by atoms with Crippen molar-refractivity contribution < 1.29 is 9.90 Å². The third kappa shape index (κ3) is 2.36. The van der Waals surface area contributed by atoms with Crippen LogP contribution in [0, 0.1) is 11.8 Å². The van der Waals surface area contributed by atoms with Crippen molar-refractivity contribution >= 4 is 5.97 Å². The molecule has 0 fully saturated rings. The zero-order chi connectivity index (χ0) is 8.97. The van der Waals surface area contributed by atoms with Gasteiger partial charge in [-0.25, -0.2) is 0 Å². The van der Waals surface area contributed by atoms with Crippen LogP contribution in [-0.4, -0.2) is 11.1 Å². The summed E-state index contributed by atoms with van der Waals surface area (Å²) in [7, 11) is 0. The van der Waals surface area contributed by atoms with E-state index in [-0.39, 0.29) is 5.92 Å². The molecule has 0 amide bonds. The van der Waals surface area contributed by atoms with Gasteiger partial charge in [-0.2, -0.15) is 0 Å². The van der Waals surface area contributed by atoms with Crippen LogP contribution in [0.3, 0.4) is 0 Å². The van der Waals surface area contributed by atoms with E-state index in [4.69, 9.17) is 5.11 Å². The normalized spacial score (nSPS) is 30.8. The van der Waals surface area contributed by atoms with Crippen LogP contribution in [0.4, 0.5) is 0 Å². The van der Waals surface area contributed by atoms with Gasteiger partial charge in [0.2, 0.25) is 0 Å². The van der Waals surface area contributed by atoms with Crippen molar-refractivity contribution in [2.75, 3.05) is 0 Å². The first kappa shape index (κ1) is 9.30. The number of rotatable bonds is 1. The molecule has 0 bridgehead atoms. The summed E-state index contributed by atoms with van der Waals surface area (Å²) in [5.41, 5.74) is 0. The predicted molar refractivity (Wildman–Crippen MR) is 47.9 cm³/mol. The number of hydrogen-bond acceptors (Lipinski definition) is 1. The summed E-state index contributed by atoms with van der Waals surface area (Å²) in [5.74, 6) is -0.430. The van der Waals surface area contributed by atoms with Crippen molar-refractivity contribution in [3.8, 4) is 0 Å². The van der Waals surface area contributed by atoms with Gasteiger partial charge in [-0.05, 0) is 31.6 Å². The summed E-state index contributed by atoms with van der Waals surface area (Å²) in [6.45, 7) is 2.04. The summed E-state index contributed by atoms with van der Waals surface area (Å²) in [5, 5.41) is 8.90. The highest BCUT2D eigenvalue weighted by molar-refractivity contribution is 5.70. The number of allylic oxidation sites excluding steroid dienone is 2. The van der Waals surface area contributed by atoms with Gasteiger partial charge in [0.1, 0.15) is 0 Å². The Morgan fingerprint density at radius 3 is 2.50 bits per heavy atom. The molecule has 0 aromatic rings. The second kappa shape index (κ2) is 4.29. The van der Waals surface area contributed by atoms with Crippen molar-refractivity contribution in [1.29, 1.82) is 0 Å². The van der Waals surface area contributed by atoms with Crippen LogP contribution < -0.4 is 0 Å². The van der Waals surface area contributed by atoms with E-state index in [2.05, 4.69) is 12.2 Å². The quantitative estimate of drug-likeness (QED) is 0.610. The van der Waals surface area contributed by atoms with E-state index >= 15 is 0 Å². The minimum atomic E-state index is -0.627. The van der Waals surface area contributed by atoms with E-state index in [1.54, 1.807) is 0 Å². The van der Waals surface area contributed by atoms with Gasteiger partial charge in [0.25, 0.3) is 0 Å². The maximum atomic E-state index is 10.8. The lowest BCUT2D eigenvalue weighted by Crippen LogP contribution is -2.22. The predicted octanol–water partition coefficient (Wildman–Crippen LogP) is 2.45. The third-order valence-corrected chi connectivity index (χ3v) is 2.60. The van der Waals surface area contributed by atoms with Gasteiger partial charge in [-0.1, -0.05) is 19.1 Å². The second-order valence-electron chi connectivity index (χ2n) is 3.55. The SMILES string of the molecule is CC1CCC=CCCC1C(=O)O. The lowest BCUT2D eigenvalue weighted by atomic mass is 9.85. The Labute approximate surface area is 73.3 Å². The first-order valence-electron chi connectivity index (χ1n) is 4.59. The largest absolute Gasteiger partial charge is 0.481 e. The van der Waals surface area contributed by atoms with Crippen LogP contribution in [-0.2, 0) is 4.79 Å². The molecule has 0 radical (unpaired) electrons. The average Bonchev–Trinajstić information content (AvgIpc) is 1.96. The third-order valence-electron chi connectivity index (χ3n) is 2.60. The molecular weight excluding hydrogens is 152 g/mol. The van der Waals surface area contributed by atoms with Crippen LogP contribution in [0.15, 0.2) is 12.2 Å². The van der Waals surface area contributed by atoms with Crippen molar-refractivity contribution in [3.05, 3.63) is 12.2 Å². The van der Waals surface area contributed by atoms with Gasteiger partial charge >= 0.3 is 5.97 Å². The smallest absolute Gasteiger partial charge is 0.306 e. The van der Waals surface area contributed by atoms with Crippen molar-refractivity contribution in [1.82, 2.24) is 0 Å². The molecule has 2 heteroatoms. The van der Waals surface area contributed by atoms with Gasteiger partial charge in [-0.3, -0.25) is 4.79 Å². The molecule has 0 saturated carbocycles. The molecule has 68 valence electrons. The van der Waals surface area contributed by atoms with E-state index in [1.807, 2.05) is 6.92 Å². The van der Waals surface area contributed by atoms with E-state index in [0.717, 1.165) is 25.7 Å². The van der Waals surface area contributed by atoms with Gasteiger partial charge in [0, 0.05) is 0 Å². The summed E-state index contributed by atoms with van der Waals surface area (Å²) in [6, 6.07) is 0. The highest BCUT2D eigenvalue weighted by Crippen LogP contribution is 2.24. The zero-order valence-corrected chi connectivity index (χ0v) is 7.49. The lowest BCUT2D eigenvalue weighted by Gasteiger charge is -2.20. The first-order chi connectivity index (χ1) is 5.72. The van der Waals surface area contributed by atoms with Gasteiger partial charge < -0.3 is 5.11 Å². The first-order valence-corrected chi connectivity index (χ1v) is 4.59. The molecule has 0 aromatic heterocycles. The Balaban J connectivity index is 2.58. The van der Waals surface area contributed by atoms with Gasteiger partial charge in [-0.15, -0.1) is 0 Å². The van der Waals surface area contributed by atoms with Gasteiger partial charge in [0.05, 0.1) is 5.92 Å². The molecule has 2 nitrogen and oxygen atoms in total. The maximum Gasteiger partial charge on any atom is 0.306 e. The Hall–Kier alpha value is -0.790. The Morgan fingerprint density at radius 2 is 1.92 bits per heavy atom. The molecule has 1 aliphatic rings. The summed E-state index contributed by atoms with van der Waals surface area (Å²) in [4.78, 5) is 10.8. The van der Waals surface area contributed by atoms with Gasteiger partial charge in [0.15, 0.2) is 0 Å².